The number of anilines is 2. The summed E-state index contributed by atoms with van der Waals surface area (Å²) in [4.78, 5) is 25.2. The lowest BCUT2D eigenvalue weighted by Crippen LogP contribution is -2.28. The van der Waals surface area contributed by atoms with Gasteiger partial charge in [-0.15, -0.1) is 0 Å². The van der Waals surface area contributed by atoms with E-state index in [0.717, 1.165) is 5.69 Å². The fourth-order valence-electron chi connectivity index (χ4n) is 2.41. The Kier molecular flexibility index (Phi) is 4.12. The van der Waals surface area contributed by atoms with Crippen molar-refractivity contribution >= 4 is 23.3 Å². The molecule has 1 amide bonds. The number of amides is 1. The lowest BCUT2D eigenvalue weighted by atomic mass is 10.1. The topological polar surface area (TPSA) is 98.7 Å². The summed E-state index contributed by atoms with van der Waals surface area (Å²) in [5.41, 5.74) is 12.7. The number of rotatable bonds is 4. The monoisotopic (exact) mass is 277 g/mol. The van der Waals surface area contributed by atoms with Crippen molar-refractivity contribution in [3.05, 3.63) is 23.8 Å². The van der Waals surface area contributed by atoms with Crippen LogP contribution in [-0.2, 0) is 9.53 Å². The van der Waals surface area contributed by atoms with E-state index in [1.807, 2.05) is 4.90 Å². The van der Waals surface area contributed by atoms with Crippen molar-refractivity contribution in [3.8, 4) is 0 Å². The van der Waals surface area contributed by atoms with E-state index in [-0.39, 0.29) is 11.8 Å². The molecule has 1 saturated heterocycles. The van der Waals surface area contributed by atoms with Crippen LogP contribution in [0.3, 0.4) is 0 Å². The van der Waals surface area contributed by atoms with Gasteiger partial charge < -0.3 is 21.1 Å². The molecule has 108 valence electrons. The van der Waals surface area contributed by atoms with E-state index in [0.29, 0.717) is 37.4 Å². The summed E-state index contributed by atoms with van der Waals surface area (Å²) in [5.74, 6) is -0.888. The number of primary amides is 1. The third-order valence-corrected chi connectivity index (χ3v) is 3.45. The van der Waals surface area contributed by atoms with Crippen molar-refractivity contribution in [3.63, 3.8) is 0 Å². The SMILES string of the molecule is CCOC(=O)c1cc(N)ccc1N1CCC(C(N)=O)C1. The Morgan fingerprint density at radius 3 is 2.80 bits per heavy atom. The Balaban J connectivity index is 2.28. The first kappa shape index (κ1) is 14.2. The van der Waals surface area contributed by atoms with Gasteiger partial charge in [0.2, 0.25) is 5.91 Å². The molecule has 1 aliphatic rings. The van der Waals surface area contributed by atoms with Crippen molar-refractivity contribution in [2.75, 3.05) is 30.3 Å². The molecule has 6 heteroatoms. The summed E-state index contributed by atoms with van der Waals surface area (Å²) in [5, 5.41) is 0. The fraction of sp³-hybridized carbons (Fsp3) is 0.429. The number of ether oxygens (including phenoxy) is 1. The Bertz CT molecular complexity index is 530. The highest BCUT2D eigenvalue weighted by Crippen LogP contribution is 2.29. The molecule has 1 aliphatic heterocycles. The first-order chi connectivity index (χ1) is 9.52. The summed E-state index contributed by atoms with van der Waals surface area (Å²) >= 11 is 0. The minimum absolute atomic E-state index is 0.178. The molecule has 1 aromatic rings. The number of benzene rings is 1. The van der Waals surface area contributed by atoms with E-state index in [1.165, 1.54) is 0 Å². The molecule has 0 bridgehead atoms. The first-order valence-corrected chi connectivity index (χ1v) is 6.63. The first-order valence-electron chi connectivity index (χ1n) is 6.63. The van der Waals surface area contributed by atoms with Crippen LogP contribution in [0.25, 0.3) is 0 Å². The van der Waals surface area contributed by atoms with Gasteiger partial charge in [0, 0.05) is 18.8 Å². The van der Waals surface area contributed by atoms with Crippen LogP contribution < -0.4 is 16.4 Å². The maximum atomic E-state index is 12.0. The number of carbonyl (C=O) groups is 2. The van der Waals surface area contributed by atoms with Crippen LogP contribution in [0.5, 0.6) is 0 Å². The lowest BCUT2D eigenvalue weighted by molar-refractivity contribution is -0.121. The van der Waals surface area contributed by atoms with Gasteiger partial charge >= 0.3 is 5.97 Å². The molecule has 0 saturated carbocycles. The van der Waals surface area contributed by atoms with Gasteiger partial charge in [0.1, 0.15) is 0 Å². The lowest BCUT2D eigenvalue weighted by Gasteiger charge is -2.21. The number of nitrogens with two attached hydrogens (primary N) is 2. The molecule has 0 spiro atoms. The van der Waals surface area contributed by atoms with Crippen molar-refractivity contribution in [2.24, 2.45) is 11.7 Å². The van der Waals surface area contributed by atoms with E-state index in [1.54, 1.807) is 25.1 Å². The van der Waals surface area contributed by atoms with Crippen LogP contribution in [0.4, 0.5) is 11.4 Å². The zero-order valence-corrected chi connectivity index (χ0v) is 11.5. The molecule has 0 aliphatic carbocycles. The second-order valence-electron chi connectivity index (χ2n) is 4.83. The summed E-state index contributed by atoms with van der Waals surface area (Å²) < 4.78 is 5.04. The van der Waals surface area contributed by atoms with Gasteiger partial charge in [-0.3, -0.25) is 4.79 Å². The average molecular weight is 277 g/mol. The van der Waals surface area contributed by atoms with Gasteiger partial charge in [-0.1, -0.05) is 0 Å². The molecular formula is C14H19N3O3. The van der Waals surface area contributed by atoms with Gasteiger partial charge in [0.05, 0.1) is 23.8 Å². The number of esters is 1. The minimum atomic E-state index is -0.405. The number of hydrogen-bond acceptors (Lipinski definition) is 5. The zero-order valence-electron chi connectivity index (χ0n) is 11.5. The second kappa shape index (κ2) is 5.81. The third kappa shape index (κ3) is 2.84. The van der Waals surface area contributed by atoms with Crippen molar-refractivity contribution in [1.29, 1.82) is 0 Å². The fourth-order valence-corrected chi connectivity index (χ4v) is 2.41. The van der Waals surface area contributed by atoms with Crippen LogP contribution >= 0.6 is 0 Å². The van der Waals surface area contributed by atoms with Crippen molar-refractivity contribution in [2.45, 2.75) is 13.3 Å². The highest BCUT2D eigenvalue weighted by Gasteiger charge is 2.29. The Morgan fingerprint density at radius 2 is 2.20 bits per heavy atom. The van der Waals surface area contributed by atoms with Gasteiger partial charge in [-0.05, 0) is 31.5 Å². The molecule has 20 heavy (non-hydrogen) atoms. The average Bonchev–Trinajstić information content (AvgIpc) is 2.88. The van der Waals surface area contributed by atoms with Gasteiger partial charge in [-0.25, -0.2) is 4.79 Å². The van der Waals surface area contributed by atoms with Gasteiger partial charge in [-0.2, -0.15) is 0 Å². The molecule has 1 heterocycles. The smallest absolute Gasteiger partial charge is 0.340 e. The predicted molar refractivity (Wildman–Crippen MR) is 76.3 cm³/mol. The standard InChI is InChI=1S/C14H19N3O3/c1-2-20-14(19)11-7-10(15)3-4-12(11)17-6-5-9(8-17)13(16)18/h3-4,7,9H,2,5-6,8,15H2,1H3,(H2,16,18). The maximum Gasteiger partial charge on any atom is 0.340 e. The van der Waals surface area contributed by atoms with Crippen LogP contribution in [0.1, 0.15) is 23.7 Å². The molecule has 4 N–H and O–H groups in total. The molecule has 0 radical (unpaired) electrons. The third-order valence-electron chi connectivity index (χ3n) is 3.45. The molecule has 1 aromatic carbocycles. The quantitative estimate of drug-likeness (QED) is 0.625. The van der Waals surface area contributed by atoms with E-state index >= 15 is 0 Å². The van der Waals surface area contributed by atoms with Crippen molar-refractivity contribution in [1.82, 2.24) is 0 Å². The molecular weight excluding hydrogens is 258 g/mol. The van der Waals surface area contributed by atoms with Gasteiger partial charge in [0.25, 0.3) is 0 Å². The second-order valence-corrected chi connectivity index (χ2v) is 4.83. The van der Waals surface area contributed by atoms with Crippen LogP contribution in [0, 0.1) is 5.92 Å². The predicted octanol–water partition coefficient (Wildman–Crippen LogP) is 0.757. The maximum absolute atomic E-state index is 12.0. The highest BCUT2D eigenvalue weighted by atomic mass is 16.5. The highest BCUT2D eigenvalue weighted by molar-refractivity contribution is 5.97. The minimum Gasteiger partial charge on any atom is -0.462 e. The number of hydrogen-bond donors (Lipinski definition) is 2. The number of nitrogens with zero attached hydrogens (tertiary/aromatic N) is 1. The van der Waals surface area contributed by atoms with Crippen molar-refractivity contribution < 1.29 is 14.3 Å². The molecule has 1 fully saturated rings. The normalized spacial score (nSPS) is 18.1. The van der Waals surface area contributed by atoms with E-state index < -0.39 is 5.97 Å². The summed E-state index contributed by atoms with van der Waals surface area (Å²) in [6.45, 7) is 3.26. The van der Waals surface area contributed by atoms with E-state index in [4.69, 9.17) is 16.2 Å². The zero-order chi connectivity index (χ0) is 14.7. The largest absolute Gasteiger partial charge is 0.462 e. The molecule has 0 aromatic heterocycles. The Hall–Kier alpha value is -2.24. The molecule has 1 atom stereocenters. The van der Waals surface area contributed by atoms with Gasteiger partial charge in [0.15, 0.2) is 0 Å². The molecule has 1 unspecified atom stereocenters. The van der Waals surface area contributed by atoms with Crippen LogP contribution in [-0.4, -0.2) is 31.6 Å². The van der Waals surface area contributed by atoms with Crippen LogP contribution in [0.15, 0.2) is 18.2 Å². The van der Waals surface area contributed by atoms with E-state index in [9.17, 15) is 9.59 Å². The Morgan fingerprint density at radius 1 is 1.45 bits per heavy atom. The summed E-state index contributed by atoms with van der Waals surface area (Å²) in [7, 11) is 0. The summed E-state index contributed by atoms with van der Waals surface area (Å²) in [6, 6.07) is 5.12. The number of nitrogen functional groups attached to an aromatic ring is 1. The number of carbonyl (C=O) groups excluding carboxylic acids is 2. The molecule has 6 nitrogen and oxygen atoms in total. The van der Waals surface area contributed by atoms with Crippen LogP contribution in [0.2, 0.25) is 0 Å². The van der Waals surface area contributed by atoms with E-state index in [2.05, 4.69) is 0 Å². The summed E-state index contributed by atoms with van der Waals surface area (Å²) in [6.07, 6.45) is 0.696. The Labute approximate surface area is 117 Å². The molecule has 2 rings (SSSR count).